The molecular weight excluding hydrogens is 342 g/mol. The predicted molar refractivity (Wildman–Crippen MR) is 83.0 cm³/mol. The second-order valence-electron chi connectivity index (χ2n) is 6.08. The first-order chi connectivity index (χ1) is 9.33. The van der Waals surface area contributed by atoms with Crippen LogP contribution in [0.25, 0.3) is 0 Å². The molecule has 0 saturated carbocycles. The number of carbonyl (C=O) groups is 1. The van der Waals surface area contributed by atoms with E-state index in [0.717, 1.165) is 35.0 Å². The molecule has 0 aromatic carbocycles. The maximum Gasteiger partial charge on any atom is 0.306 e. The molecule has 1 aliphatic heterocycles. The molecule has 7 heteroatoms. The summed E-state index contributed by atoms with van der Waals surface area (Å²) in [6.45, 7) is 7.53. The van der Waals surface area contributed by atoms with E-state index in [2.05, 4.69) is 31.0 Å². The first kappa shape index (κ1) is 15.7. The molecule has 0 aliphatic carbocycles. The maximum absolute atomic E-state index is 11.9. The van der Waals surface area contributed by atoms with Gasteiger partial charge in [-0.25, -0.2) is 0 Å². The summed E-state index contributed by atoms with van der Waals surface area (Å²) in [5, 5.41) is 9.04. The van der Waals surface area contributed by atoms with E-state index in [-0.39, 0.29) is 5.97 Å². The summed E-state index contributed by atoms with van der Waals surface area (Å²) in [5.41, 5.74) is -0.407. The number of piperidine rings is 1. The molecule has 112 valence electrons. The summed E-state index contributed by atoms with van der Waals surface area (Å²) in [6.07, 6.45) is 2.62. The summed E-state index contributed by atoms with van der Waals surface area (Å²) in [5.74, 6) is 0.226. The van der Waals surface area contributed by atoms with Crippen molar-refractivity contribution in [2.24, 2.45) is 5.92 Å². The Labute approximate surface area is 131 Å². The van der Waals surface area contributed by atoms with Crippen LogP contribution in [0.2, 0.25) is 0 Å². The Morgan fingerprint density at radius 1 is 1.50 bits per heavy atom. The minimum atomic E-state index is -0.407. The van der Waals surface area contributed by atoms with Gasteiger partial charge in [0.15, 0.2) is 3.92 Å². The van der Waals surface area contributed by atoms with Gasteiger partial charge in [0, 0.05) is 13.1 Å². The molecule has 2 heterocycles. The van der Waals surface area contributed by atoms with Crippen LogP contribution in [0.1, 0.15) is 40.0 Å². The predicted octanol–water partition coefficient (Wildman–Crippen LogP) is 3.25. The van der Waals surface area contributed by atoms with Crippen molar-refractivity contribution in [1.82, 2.24) is 10.2 Å². The maximum atomic E-state index is 11.9. The van der Waals surface area contributed by atoms with Gasteiger partial charge in [0.1, 0.15) is 5.60 Å². The Hall–Kier alpha value is -0.690. The highest BCUT2D eigenvalue weighted by Gasteiger charge is 2.26. The zero-order chi connectivity index (χ0) is 14.8. The Morgan fingerprint density at radius 3 is 2.85 bits per heavy atom. The third kappa shape index (κ3) is 4.70. The molecule has 5 nitrogen and oxygen atoms in total. The van der Waals surface area contributed by atoms with E-state index in [1.54, 1.807) is 0 Å². The molecule has 1 aromatic rings. The first-order valence-electron chi connectivity index (χ1n) is 6.79. The number of carbonyl (C=O) groups excluding carboxylic acids is 1. The highest BCUT2D eigenvalue weighted by Crippen LogP contribution is 2.29. The van der Waals surface area contributed by atoms with Gasteiger partial charge in [-0.05, 0) is 55.5 Å². The molecule has 20 heavy (non-hydrogen) atoms. The zero-order valence-electron chi connectivity index (χ0n) is 12.1. The molecule has 1 saturated heterocycles. The Morgan fingerprint density at radius 2 is 2.25 bits per heavy atom. The lowest BCUT2D eigenvalue weighted by Crippen LogP contribution is -2.37. The van der Waals surface area contributed by atoms with Crippen LogP contribution < -0.4 is 4.90 Å². The van der Waals surface area contributed by atoms with Gasteiger partial charge in [0.05, 0.1) is 6.42 Å². The molecule has 2 rings (SSSR count). The minimum Gasteiger partial charge on any atom is -0.460 e. The molecule has 1 aromatic heterocycles. The molecule has 0 spiro atoms. The number of halogens is 1. The highest BCUT2D eigenvalue weighted by atomic mass is 79.9. The van der Waals surface area contributed by atoms with Crippen LogP contribution in [-0.2, 0) is 9.53 Å². The summed E-state index contributed by atoms with van der Waals surface area (Å²) in [6, 6.07) is 0. The summed E-state index contributed by atoms with van der Waals surface area (Å²) in [7, 11) is 0. The normalized spacial score (nSPS) is 20.0. The van der Waals surface area contributed by atoms with E-state index >= 15 is 0 Å². The zero-order valence-corrected chi connectivity index (χ0v) is 14.5. The third-order valence-electron chi connectivity index (χ3n) is 3.05. The number of aromatic nitrogens is 2. The van der Waals surface area contributed by atoms with Crippen molar-refractivity contribution in [2.75, 3.05) is 18.0 Å². The van der Waals surface area contributed by atoms with E-state index in [0.29, 0.717) is 12.3 Å². The summed E-state index contributed by atoms with van der Waals surface area (Å²) >= 11 is 4.86. The van der Waals surface area contributed by atoms with Gasteiger partial charge in [0.2, 0.25) is 5.13 Å². The molecule has 1 fully saturated rings. The molecule has 0 unspecified atom stereocenters. The van der Waals surface area contributed by atoms with Gasteiger partial charge in [-0.1, -0.05) is 11.3 Å². The van der Waals surface area contributed by atoms with E-state index in [1.165, 1.54) is 11.3 Å². The van der Waals surface area contributed by atoms with E-state index in [9.17, 15) is 4.79 Å². The standard InChI is InChI=1S/C13H20BrN3O2S/c1-13(2,3)19-10(18)7-9-5-4-6-17(8-9)12-16-15-11(14)20-12/h9H,4-8H2,1-3H3/t9-/m0/s1. The van der Waals surface area contributed by atoms with Gasteiger partial charge in [-0.3, -0.25) is 4.79 Å². The average Bonchev–Trinajstić information content (AvgIpc) is 2.73. The fraction of sp³-hybridized carbons (Fsp3) is 0.769. The number of hydrogen-bond donors (Lipinski definition) is 0. The van der Waals surface area contributed by atoms with Gasteiger partial charge in [-0.2, -0.15) is 0 Å². The highest BCUT2D eigenvalue weighted by molar-refractivity contribution is 9.11. The van der Waals surface area contributed by atoms with Crippen molar-refractivity contribution in [1.29, 1.82) is 0 Å². The molecule has 0 amide bonds. The third-order valence-corrected chi connectivity index (χ3v) is 4.47. The lowest BCUT2D eigenvalue weighted by molar-refractivity contribution is -0.156. The molecule has 0 radical (unpaired) electrons. The van der Waals surface area contributed by atoms with Crippen LogP contribution in [0.15, 0.2) is 3.92 Å². The van der Waals surface area contributed by atoms with Crippen LogP contribution in [0.5, 0.6) is 0 Å². The second-order valence-corrected chi connectivity index (χ2v) is 8.31. The van der Waals surface area contributed by atoms with E-state index in [4.69, 9.17) is 4.74 Å². The Kier molecular flexibility index (Phi) is 5.01. The van der Waals surface area contributed by atoms with Crippen molar-refractivity contribution in [3.8, 4) is 0 Å². The number of nitrogens with zero attached hydrogens (tertiary/aromatic N) is 3. The summed E-state index contributed by atoms with van der Waals surface area (Å²) in [4.78, 5) is 14.1. The number of hydrogen-bond acceptors (Lipinski definition) is 6. The SMILES string of the molecule is CC(C)(C)OC(=O)C[C@@H]1CCCN(c2nnc(Br)s2)C1. The summed E-state index contributed by atoms with van der Waals surface area (Å²) < 4.78 is 6.19. The van der Waals surface area contributed by atoms with Crippen molar-refractivity contribution >= 4 is 38.4 Å². The molecule has 0 N–H and O–H groups in total. The van der Waals surface area contributed by atoms with Crippen molar-refractivity contribution < 1.29 is 9.53 Å². The van der Waals surface area contributed by atoms with Gasteiger partial charge < -0.3 is 9.64 Å². The molecule has 1 atom stereocenters. The van der Waals surface area contributed by atoms with Crippen molar-refractivity contribution in [3.63, 3.8) is 0 Å². The van der Waals surface area contributed by atoms with Crippen LogP contribution in [0.4, 0.5) is 5.13 Å². The van der Waals surface area contributed by atoms with Crippen molar-refractivity contribution in [2.45, 2.75) is 45.6 Å². The number of rotatable bonds is 3. The average molecular weight is 362 g/mol. The van der Waals surface area contributed by atoms with Crippen LogP contribution in [0.3, 0.4) is 0 Å². The fourth-order valence-corrected chi connectivity index (χ4v) is 3.47. The van der Waals surface area contributed by atoms with E-state index in [1.807, 2.05) is 20.8 Å². The largest absolute Gasteiger partial charge is 0.460 e. The molecule has 1 aliphatic rings. The second kappa shape index (κ2) is 6.39. The number of anilines is 1. The van der Waals surface area contributed by atoms with Crippen LogP contribution in [-0.4, -0.2) is 34.9 Å². The van der Waals surface area contributed by atoms with E-state index < -0.39 is 5.60 Å². The number of ether oxygens (including phenoxy) is 1. The lowest BCUT2D eigenvalue weighted by Gasteiger charge is -2.32. The smallest absolute Gasteiger partial charge is 0.306 e. The minimum absolute atomic E-state index is 0.109. The molecule has 0 bridgehead atoms. The van der Waals surface area contributed by atoms with Gasteiger partial charge >= 0.3 is 5.97 Å². The lowest BCUT2D eigenvalue weighted by atomic mass is 9.95. The molecular formula is C13H20BrN3O2S. The quantitative estimate of drug-likeness (QED) is 0.773. The monoisotopic (exact) mass is 361 g/mol. The first-order valence-corrected chi connectivity index (χ1v) is 8.40. The van der Waals surface area contributed by atoms with Gasteiger partial charge in [-0.15, -0.1) is 10.2 Å². The number of esters is 1. The topological polar surface area (TPSA) is 55.3 Å². The Balaban J connectivity index is 1.89. The fourth-order valence-electron chi connectivity index (χ4n) is 2.35. The van der Waals surface area contributed by atoms with Crippen LogP contribution >= 0.6 is 27.3 Å². The Bertz CT molecular complexity index is 472. The van der Waals surface area contributed by atoms with Crippen molar-refractivity contribution in [3.05, 3.63) is 3.92 Å². The van der Waals surface area contributed by atoms with Crippen LogP contribution in [0, 0.1) is 5.92 Å². The van der Waals surface area contributed by atoms with Gasteiger partial charge in [0.25, 0.3) is 0 Å².